The van der Waals surface area contributed by atoms with Gasteiger partial charge in [-0.15, -0.1) is 0 Å². The summed E-state index contributed by atoms with van der Waals surface area (Å²) in [5, 5.41) is 13.2. The van der Waals surface area contributed by atoms with Crippen molar-refractivity contribution in [1.29, 1.82) is 0 Å². The van der Waals surface area contributed by atoms with Gasteiger partial charge in [-0.3, -0.25) is 9.59 Å². The van der Waals surface area contributed by atoms with Crippen LogP contribution in [-0.4, -0.2) is 30.4 Å². The van der Waals surface area contributed by atoms with Crippen LogP contribution in [0, 0.1) is 48.7 Å². The maximum Gasteiger partial charge on any atom is 0.267 e. The maximum absolute atomic E-state index is 11.9. The molecule has 2 N–H and O–H groups in total. The highest BCUT2D eigenvalue weighted by molar-refractivity contribution is 14.1. The molecule has 48 heavy (non-hydrogen) atoms. The van der Waals surface area contributed by atoms with Crippen LogP contribution >= 0.6 is 45.2 Å². The van der Waals surface area contributed by atoms with Gasteiger partial charge in [0.1, 0.15) is 11.5 Å². The van der Waals surface area contributed by atoms with Gasteiger partial charge in [-0.2, -0.15) is 10.2 Å². The minimum atomic E-state index is -0.168. The van der Waals surface area contributed by atoms with E-state index < -0.39 is 0 Å². The number of H-pyrrole nitrogens is 2. The molecule has 10 nitrogen and oxygen atoms in total. The number of hydrogen-bond donors (Lipinski definition) is 2. The van der Waals surface area contributed by atoms with E-state index in [1.54, 1.807) is 12.4 Å². The summed E-state index contributed by atoms with van der Waals surface area (Å²) >= 11 is 4.38. The molecule has 6 rings (SSSR count). The Kier molecular flexibility index (Phi) is 11.0. The highest BCUT2D eigenvalue weighted by Crippen LogP contribution is 2.33. The van der Waals surface area contributed by atoms with E-state index in [2.05, 4.69) is 75.5 Å². The van der Waals surface area contributed by atoms with E-state index >= 15 is 0 Å². The fraction of sp³-hybridized carbons (Fsp3) is 0.167. The molecule has 0 amide bonds. The quantitative estimate of drug-likeness (QED) is 0.160. The van der Waals surface area contributed by atoms with Crippen molar-refractivity contribution in [2.24, 2.45) is 0 Å². The zero-order valence-corrected chi connectivity index (χ0v) is 31.4. The molecule has 0 radical (unpaired) electrons. The Morgan fingerprint density at radius 3 is 1.33 bits per heavy atom. The van der Waals surface area contributed by atoms with Gasteiger partial charge in [0.2, 0.25) is 11.8 Å². The van der Waals surface area contributed by atoms with Crippen molar-refractivity contribution >= 4 is 45.2 Å². The number of aromatic amines is 2. The molecule has 0 saturated carbocycles. The first kappa shape index (κ1) is 34.9. The average molecular weight is 866 g/mol. The third-order valence-corrected chi connectivity index (χ3v) is 9.26. The lowest BCUT2D eigenvalue weighted by molar-refractivity contribution is 0.458. The molecule has 6 aromatic rings. The number of nitrogens with zero attached hydrogens (tertiary/aromatic N) is 4. The Balaban J connectivity index is 0.000000188. The van der Waals surface area contributed by atoms with E-state index in [-0.39, 0.29) is 11.1 Å². The van der Waals surface area contributed by atoms with Crippen LogP contribution < -0.4 is 20.6 Å². The van der Waals surface area contributed by atoms with Gasteiger partial charge in [-0.05, 0) is 158 Å². The Labute approximate surface area is 304 Å². The predicted octanol–water partition coefficient (Wildman–Crippen LogP) is 8.31. The van der Waals surface area contributed by atoms with Crippen LogP contribution in [0.5, 0.6) is 23.3 Å². The molecule has 0 bridgehead atoms. The fourth-order valence-electron chi connectivity index (χ4n) is 5.19. The number of benzene rings is 2. The summed E-state index contributed by atoms with van der Waals surface area (Å²) in [5.41, 5.74) is 8.30. The van der Waals surface area contributed by atoms with Gasteiger partial charge in [0.25, 0.3) is 11.1 Å². The summed E-state index contributed by atoms with van der Waals surface area (Å²) in [6, 6.07) is 19.2. The van der Waals surface area contributed by atoms with Crippen LogP contribution in [0.25, 0.3) is 22.3 Å². The number of pyridine rings is 2. The number of aromatic nitrogens is 6. The normalized spacial score (nSPS) is 10.7. The molecule has 0 aliphatic carbocycles. The lowest BCUT2D eigenvalue weighted by Gasteiger charge is -2.13. The number of ether oxygens (including phenoxy) is 2. The van der Waals surface area contributed by atoms with Crippen molar-refractivity contribution in [2.45, 2.75) is 41.5 Å². The van der Waals surface area contributed by atoms with Crippen molar-refractivity contribution in [1.82, 2.24) is 30.4 Å². The molecular formula is C36H32I2N6O4. The zero-order valence-electron chi connectivity index (χ0n) is 27.1. The summed E-state index contributed by atoms with van der Waals surface area (Å²) in [6.07, 6.45) is 3.40. The second kappa shape index (κ2) is 15.2. The van der Waals surface area contributed by atoms with Crippen LogP contribution in [0.1, 0.15) is 33.6 Å². The third kappa shape index (κ3) is 7.81. The van der Waals surface area contributed by atoms with Crippen molar-refractivity contribution in [3.8, 4) is 45.5 Å². The SMILES string of the molecule is Cc1cc(Oc2ncccc2I)ccc1-c1c(C)n[nH]c(=O)c1C.Cc1cc(Oc2ncccc2I)ccc1-c1c(C)n[nH]c(=O)c1C. The van der Waals surface area contributed by atoms with Gasteiger partial charge in [0.05, 0.1) is 18.5 Å². The molecule has 2 aromatic carbocycles. The highest BCUT2D eigenvalue weighted by atomic mass is 127. The number of hydrogen-bond acceptors (Lipinski definition) is 8. The lowest BCUT2D eigenvalue weighted by Crippen LogP contribution is -2.14. The Morgan fingerprint density at radius 2 is 0.979 bits per heavy atom. The van der Waals surface area contributed by atoms with Crippen molar-refractivity contribution in [3.05, 3.63) is 135 Å². The van der Waals surface area contributed by atoms with Crippen LogP contribution in [0.4, 0.5) is 0 Å². The maximum atomic E-state index is 11.9. The predicted molar refractivity (Wildman–Crippen MR) is 203 cm³/mol. The number of nitrogens with one attached hydrogen (secondary N) is 2. The van der Waals surface area contributed by atoms with Gasteiger partial charge in [0.15, 0.2) is 0 Å². The standard InChI is InChI=1S/2C18H16IN3O2/c2*1-10-9-13(24-18-15(19)5-4-8-20-18)6-7-14(10)16-11(2)17(23)22-21-12(16)3/h2*4-9H,1-3H3,(H,22,23). The molecule has 0 saturated heterocycles. The minimum Gasteiger partial charge on any atom is -0.438 e. The lowest BCUT2D eigenvalue weighted by atomic mass is 9.96. The molecule has 0 atom stereocenters. The Bertz CT molecular complexity index is 2090. The third-order valence-electron chi connectivity index (χ3n) is 7.62. The molecule has 0 aliphatic rings. The van der Waals surface area contributed by atoms with E-state index in [0.29, 0.717) is 34.4 Å². The van der Waals surface area contributed by atoms with Crippen LogP contribution in [0.3, 0.4) is 0 Å². The summed E-state index contributed by atoms with van der Waals surface area (Å²) in [4.78, 5) is 32.2. The first-order chi connectivity index (χ1) is 22.9. The average Bonchev–Trinajstić information content (AvgIpc) is 3.05. The van der Waals surface area contributed by atoms with E-state index in [9.17, 15) is 9.59 Å². The first-order valence-electron chi connectivity index (χ1n) is 14.8. The van der Waals surface area contributed by atoms with E-state index in [4.69, 9.17) is 9.47 Å². The Morgan fingerprint density at radius 1 is 0.583 bits per heavy atom. The monoisotopic (exact) mass is 866 g/mol. The Hall–Kier alpha value is -4.44. The number of aryl methyl sites for hydroxylation is 4. The van der Waals surface area contributed by atoms with Gasteiger partial charge in [-0.1, -0.05) is 12.1 Å². The largest absolute Gasteiger partial charge is 0.438 e. The number of rotatable bonds is 6. The zero-order chi connectivity index (χ0) is 34.5. The topological polar surface area (TPSA) is 136 Å². The van der Waals surface area contributed by atoms with Crippen LogP contribution in [0.2, 0.25) is 0 Å². The van der Waals surface area contributed by atoms with E-state index in [1.807, 2.05) is 102 Å². The van der Waals surface area contributed by atoms with Gasteiger partial charge in [-0.25, -0.2) is 20.2 Å². The molecule has 0 aliphatic heterocycles. The second-order valence-electron chi connectivity index (χ2n) is 11.0. The fourth-order valence-corrected chi connectivity index (χ4v) is 6.10. The van der Waals surface area contributed by atoms with Crippen LogP contribution in [0.15, 0.2) is 82.6 Å². The first-order valence-corrected chi connectivity index (χ1v) is 17.0. The molecule has 244 valence electrons. The summed E-state index contributed by atoms with van der Waals surface area (Å²) in [5.74, 6) is 2.58. The minimum absolute atomic E-state index is 0.168. The van der Waals surface area contributed by atoms with Crippen molar-refractivity contribution in [3.63, 3.8) is 0 Å². The van der Waals surface area contributed by atoms with Gasteiger partial charge < -0.3 is 9.47 Å². The summed E-state index contributed by atoms with van der Waals surface area (Å²) in [6.45, 7) is 11.4. The molecule has 12 heteroatoms. The van der Waals surface area contributed by atoms with E-state index in [0.717, 1.165) is 51.9 Å². The highest BCUT2D eigenvalue weighted by Gasteiger charge is 2.15. The van der Waals surface area contributed by atoms with Gasteiger partial charge in [0, 0.05) is 34.6 Å². The molecule has 0 spiro atoms. The van der Waals surface area contributed by atoms with Crippen molar-refractivity contribution in [2.75, 3.05) is 0 Å². The summed E-state index contributed by atoms with van der Waals surface area (Å²) < 4.78 is 13.6. The molecule has 4 aromatic heterocycles. The molecule has 4 heterocycles. The smallest absolute Gasteiger partial charge is 0.267 e. The number of halogens is 2. The summed E-state index contributed by atoms with van der Waals surface area (Å²) in [7, 11) is 0. The molecule has 0 fully saturated rings. The van der Waals surface area contributed by atoms with Crippen LogP contribution in [-0.2, 0) is 0 Å². The van der Waals surface area contributed by atoms with Crippen molar-refractivity contribution < 1.29 is 9.47 Å². The van der Waals surface area contributed by atoms with Gasteiger partial charge >= 0.3 is 0 Å². The second-order valence-corrected chi connectivity index (χ2v) is 13.3. The van der Waals surface area contributed by atoms with E-state index in [1.165, 1.54) is 0 Å². The molecule has 0 unspecified atom stereocenters. The molecular weight excluding hydrogens is 834 g/mol.